The molecule has 0 fully saturated rings. The van der Waals surface area contributed by atoms with Crippen molar-refractivity contribution in [2.45, 2.75) is 0 Å². The van der Waals surface area contributed by atoms with E-state index in [2.05, 4.69) is 10.3 Å². The highest BCUT2D eigenvalue weighted by molar-refractivity contribution is 6.45. The summed E-state index contributed by atoms with van der Waals surface area (Å²) in [6.45, 7) is 0. The number of benzene rings is 1. The molecule has 92 valence electrons. The number of rotatable bonds is 2. The molecule has 1 N–H and O–H groups in total. The van der Waals surface area contributed by atoms with Crippen LogP contribution in [0.25, 0.3) is 0 Å². The van der Waals surface area contributed by atoms with Gasteiger partial charge in [-0.1, -0.05) is 40.9 Å². The van der Waals surface area contributed by atoms with Gasteiger partial charge in [0, 0.05) is 11.2 Å². The van der Waals surface area contributed by atoms with E-state index in [0.29, 0.717) is 10.8 Å². The molecule has 0 radical (unpaired) electrons. The van der Waals surface area contributed by atoms with Crippen molar-refractivity contribution in [2.24, 2.45) is 0 Å². The first-order chi connectivity index (χ1) is 8.58. The van der Waals surface area contributed by atoms with Gasteiger partial charge in [-0.25, -0.2) is 4.98 Å². The molecule has 1 heterocycles. The first kappa shape index (κ1) is 13.1. The maximum Gasteiger partial charge on any atom is 0.258 e. The van der Waals surface area contributed by atoms with E-state index in [9.17, 15) is 4.79 Å². The van der Waals surface area contributed by atoms with Crippen LogP contribution in [0.4, 0.5) is 5.82 Å². The largest absolute Gasteiger partial charge is 0.307 e. The lowest BCUT2D eigenvalue weighted by Crippen LogP contribution is -2.13. The molecule has 0 unspecified atom stereocenters. The second kappa shape index (κ2) is 5.57. The van der Waals surface area contributed by atoms with Crippen molar-refractivity contribution >= 4 is 46.5 Å². The predicted molar refractivity (Wildman–Crippen MR) is 73.7 cm³/mol. The Kier molecular flexibility index (Phi) is 4.07. The van der Waals surface area contributed by atoms with Crippen LogP contribution in [-0.4, -0.2) is 10.9 Å². The standard InChI is InChI=1S/C12H7Cl3N2O/c13-7-5-8(11(15)9(14)6-7)12(18)17-10-3-1-2-4-16-10/h1-6H,(H,16,17,18). The fraction of sp³-hybridized carbons (Fsp3) is 0. The summed E-state index contributed by atoms with van der Waals surface area (Å²) in [4.78, 5) is 16.0. The van der Waals surface area contributed by atoms with Crippen LogP contribution in [0.15, 0.2) is 36.5 Å². The fourth-order valence-electron chi connectivity index (χ4n) is 1.34. The summed E-state index contributed by atoms with van der Waals surface area (Å²) in [6, 6.07) is 8.10. The minimum absolute atomic E-state index is 0.162. The number of aromatic nitrogens is 1. The Hall–Kier alpha value is -1.29. The zero-order chi connectivity index (χ0) is 13.1. The van der Waals surface area contributed by atoms with Gasteiger partial charge in [-0.3, -0.25) is 4.79 Å². The zero-order valence-corrected chi connectivity index (χ0v) is 11.2. The summed E-state index contributed by atoms with van der Waals surface area (Å²) < 4.78 is 0. The lowest BCUT2D eigenvalue weighted by atomic mass is 10.2. The molecule has 0 atom stereocenters. The average molecular weight is 302 g/mol. The normalized spacial score (nSPS) is 10.2. The van der Waals surface area contributed by atoms with E-state index in [1.54, 1.807) is 24.4 Å². The van der Waals surface area contributed by atoms with Gasteiger partial charge in [-0.15, -0.1) is 0 Å². The Morgan fingerprint density at radius 1 is 1.17 bits per heavy atom. The Labute approximate surface area is 119 Å². The van der Waals surface area contributed by atoms with E-state index in [-0.39, 0.29) is 15.6 Å². The predicted octanol–water partition coefficient (Wildman–Crippen LogP) is 4.29. The molecular weight excluding hydrogens is 295 g/mol. The quantitative estimate of drug-likeness (QED) is 0.841. The Balaban J connectivity index is 2.30. The number of carbonyl (C=O) groups excluding carboxylic acids is 1. The van der Waals surface area contributed by atoms with Crippen LogP contribution in [0.5, 0.6) is 0 Å². The fourth-order valence-corrected chi connectivity index (χ4v) is 2.03. The third-order valence-corrected chi connectivity index (χ3v) is 3.16. The number of hydrogen-bond donors (Lipinski definition) is 1. The van der Waals surface area contributed by atoms with Crippen LogP contribution >= 0.6 is 34.8 Å². The van der Waals surface area contributed by atoms with Crippen LogP contribution in [0, 0.1) is 0 Å². The Bertz CT molecular complexity index is 587. The third kappa shape index (κ3) is 2.93. The van der Waals surface area contributed by atoms with Crippen molar-refractivity contribution in [1.29, 1.82) is 0 Å². The lowest BCUT2D eigenvalue weighted by molar-refractivity contribution is 0.102. The first-order valence-electron chi connectivity index (χ1n) is 4.95. The van der Waals surface area contributed by atoms with Crippen molar-refractivity contribution in [3.05, 3.63) is 57.2 Å². The Morgan fingerprint density at radius 2 is 1.94 bits per heavy atom. The van der Waals surface area contributed by atoms with Crippen molar-refractivity contribution in [3.63, 3.8) is 0 Å². The number of nitrogens with zero attached hydrogens (tertiary/aromatic N) is 1. The van der Waals surface area contributed by atoms with Crippen LogP contribution in [0.3, 0.4) is 0 Å². The van der Waals surface area contributed by atoms with Crippen LogP contribution in [0.1, 0.15) is 10.4 Å². The van der Waals surface area contributed by atoms with Gasteiger partial charge in [-0.05, 0) is 24.3 Å². The average Bonchev–Trinajstić information content (AvgIpc) is 2.35. The second-order valence-corrected chi connectivity index (χ2v) is 4.64. The number of amides is 1. The minimum atomic E-state index is -0.414. The molecular formula is C12H7Cl3N2O. The van der Waals surface area contributed by atoms with E-state index in [4.69, 9.17) is 34.8 Å². The molecule has 0 aliphatic heterocycles. The molecule has 18 heavy (non-hydrogen) atoms. The molecule has 0 aliphatic rings. The number of anilines is 1. The number of halogens is 3. The number of nitrogens with one attached hydrogen (secondary N) is 1. The zero-order valence-electron chi connectivity index (χ0n) is 8.95. The Morgan fingerprint density at radius 3 is 2.61 bits per heavy atom. The number of hydrogen-bond acceptors (Lipinski definition) is 2. The van der Waals surface area contributed by atoms with Gasteiger partial charge < -0.3 is 5.32 Å². The molecule has 2 aromatic rings. The third-order valence-electron chi connectivity index (χ3n) is 2.14. The van der Waals surface area contributed by atoms with Crippen LogP contribution < -0.4 is 5.32 Å². The van der Waals surface area contributed by atoms with Crippen molar-refractivity contribution in [1.82, 2.24) is 4.98 Å². The SMILES string of the molecule is O=C(Nc1ccccn1)c1cc(Cl)cc(Cl)c1Cl. The van der Waals surface area contributed by atoms with E-state index >= 15 is 0 Å². The summed E-state index contributed by atoms with van der Waals surface area (Å²) in [5.74, 6) is 0.0118. The second-order valence-electron chi connectivity index (χ2n) is 3.42. The molecule has 0 spiro atoms. The van der Waals surface area contributed by atoms with Gasteiger partial charge in [0.1, 0.15) is 5.82 Å². The monoisotopic (exact) mass is 300 g/mol. The number of carbonyl (C=O) groups is 1. The highest BCUT2D eigenvalue weighted by atomic mass is 35.5. The summed E-state index contributed by atoms with van der Waals surface area (Å²) in [6.07, 6.45) is 1.57. The van der Waals surface area contributed by atoms with Gasteiger partial charge in [0.15, 0.2) is 0 Å². The van der Waals surface area contributed by atoms with Gasteiger partial charge >= 0.3 is 0 Å². The number of pyridine rings is 1. The van der Waals surface area contributed by atoms with E-state index in [1.807, 2.05) is 0 Å². The highest BCUT2D eigenvalue weighted by Gasteiger charge is 2.14. The minimum Gasteiger partial charge on any atom is -0.307 e. The molecule has 0 aliphatic carbocycles. The molecule has 1 aromatic carbocycles. The topological polar surface area (TPSA) is 42.0 Å². The van der Waals surface area contributed by atoms with E-state index < -0.39 is 5.91 Å². The molecule has 1 amide bonds. The molecule has 0 bridgehead atoms. The summed E-state index contributed by atoms with van der Waals surface area (Å²) >= 11 is 17.6. The summed E-state index contributed by atoms with van der Waals surface area (Å²) in [7, 11) is 0. The molecule has 6 heteroatoms. The lowest BCUT2D eigenvalue weighted by Gasteiger charge is -2.07. The van der Waals surface area contributed by atoms with Gasteiger partial charge in [-0.2, -0.15) is 0 Å². The maximum absolute atomic E-state index is 12.0. The van der Waals surface area contributed by atoms with Crippen molar-refractivity contribution in [3.8, 4) is 0 Å². The van der Waals surface area contributed by atoms with Gasteiger partial charge in [0.05, 0.1) is 15.6 Å². The van der Waals surface area contributed by atoms with Crippen LogP contribution in [0.2, 0.25) is 15.1 Å². The van der Waals surface area contributed by atoms with Crippen molar-refractivity contribution in [2.75, 3.05) is 5.32 Å². The van der Waals surface area contributed by atoms with E-state index in [1.165, 1.54) is 12.1 Å². The van der Waals surface area contributed by atoms with E-state index in [0.717, 1.165) is 0 Å². The summed E-state index contributed by atoms with van der Waals surface area (Å²) in [5.41, 5.74) is 0.208. The maximum atomic E-state index is 12.0. The molecule has 1 aromatic heterocycles. The van der Waals surface area contributed by atoms with Crippen LogP contribution in [-0.2, 0) is 0 Å². The molecule has 0 saturated heterocycles. The first-order valence-corrected chi connectivity index (χ1v) is 6.08. The van der Waals surface area contributed by atoms with Crippen molar-refractivity contribution < 1.29 is 4.79 Å². The molecule has 2 rings (SSSR count). The molecule has 3 nitrogen and oxygen atoms in total. The smallest absolute Gasteiger partial charge is 0.258 e. The summed E-state index contributed by atoms with van der Waals surface area (Å²) in [5, 5.41) is 3.34. The van der Waals surface area contributed by atoms with Gasteiger partial charge in [0.25, 0.3) is 5.91 Å². The molecule has 0 saturated carbocycles. The highest BCUT2D eigenvalue weighted by Crippen LogP contribution is 2.30. The van der Waals surface area contributed by atoms with Gasteiger partial charge in [0.2, 0.25) is 0 Å².